The lowest BCUT2D eigenvalue weighted by Crippen LogP contribution is -2.35. The summed E-state index contributed by atoms with van der Waals surface area (Å²) in [6.07, 6.45) is 1.96. The van der Waals surface area contributed by atoms with Crippen molar-refractivity contribution in [2.24, 2.45) is 5.92 Å². The first-order chi connectivity index (χ1) is 8.67. The first-order valence-corrected chi connectivity index (χ1v) is 6.67. The number of carbonyl (C=O) groups excluding carboxylic acids is 1. The van der Waals surface area contributed by atoms with E-state index in [9.17, 15) is 4.79 Å². The highest BCUT2D eigenvalue weighted by Crippen LogP contribution is 2.05. The first-order valence-electron chi connectivity index (χ1n) is 6.67. The molecule has 0 radical (unpaired) electrons. The molecular formula is C15H24N2O. The van der Waals surface area contributed by atoms with Gasteiger partial charge in [0.15, 0.2) is 0 Å². The molecule has 100 valence electrons. The molecule has 0 aromatic heterocycles. The second kappa shape index (κ2) is 7.88. The normalized spacial score (nSPS) is 12.2. The summed E-state index contributed by atoms with van der Waals surface area (Å²) >= 11 is 0. The predicted molar refractivity (Wildman–Crippen MR) is 75.6 cm³/mol. The smallest absolute Gasteiger partial charge is 0.224 e. The van der Waals surface area contributed by atoms with E-state index >= 15 is 0 Å². The van der Waals surface area contributed by atoms with Gasteiger partial charge in [0, 0.05) is 19.0 Å². The second-order valence-electron chi connectivity index (χ2n) is 4.67. The Kier molecular flexibility index (Phi) is 6.44. The molecule has 1 atom stereocenters. The predicted octanol–water partition coefficient (Wildman–Crippen LogP) is 1.76. The Morgan fingerprint density at radius 1 is 1.22 bits per heavy atom. The number of benzene rings is 1. The number of aryl methyl sites for hydroxylation is 1. The summed E-state index contributed by atoms with van der Waals surface area (Å²) in [5.41, 5.74) is 2.62. The third kappa shape index (κ3) is 4.88. The summed E-state index contributed by atoms with van der Waals surface area (Å²) in [5.74, 6) is 0.145. The van der Waals surface area contributed by atoms with E-state index in [-0.39, 0.29) is 11.8 Å². The van der Waals surface area contributed by atoms with Crippen molar-refractivity contribution in [3.05, 3.63) is 35.4 Å². The van der Waals surface area contributed by atoms with Gasteiger partial charge in [-0.1, -0.05) is 38.1 Å². The zero-order valence-electron chi connectivity index (χ0n) is 11.6. The van der Waals surface area contributed by atoms with E-state index in [0.29, 0.717) is 6.54 Å². The highest BCUT2D eigenvalue weighted by Gasteiger charge is 2.10. The number of rotatable bonds is 7. The molecule has 3 heteroatoms. The van der Waals surface area contributed by atoms with Crippen LogP contribution in [-0.4, -0.2) is 26.0 Å². The maximum Gasteiger partial charge on any atom is 0.224 e. The molecule has 1 amide bonds. The zero-order valence-corrected chi connectivity index (χ0v) is 11.6. The Hall–Kier alpha value is -1.35. The van der Waals surface area contributed by atoms with Crippen LogP contribution in [0.15, 0.2) is 24.3 Å². The SMILES string of the molecule is CCc1ccc(CCNC(=O)C(C)CNC)cc1. The molecule has 0 bridgehead atoms. The first kappa shape index (κ1) is 14.7. The van der Waals surface area contributed by atoms with Crippen molar-refractivity contribution in [1.82, 2.24) is 10.6 Å². The monoisotopic (exact) mass is 248 g/mol. The lowest BCUT2D eigenvalue weighted by molar-refractivity contribution is -0.124. The lowest BCUT2D eigenvalue weighted by atomic mass is 10.1. The number of hydrogen-bond acceptors (Lipinski definition) is 2. The quantitative estimate of drug-likeness (QED) is 0.772. The topological polar surface area (TPSA) is 41.1 Å². The van der Waals surface area contributed by atoms with Crippen LogP contribution >= 0.6 is 0 Å². The van der Waals surface area contributed by atoms with Crippen LogP contribution in [0.1, 0.15) is 25.0 Å². The van der Waals surface area contributed by atoms with Crippen LogP contribution in [0.5, 0.6) is 0 Å². The molecule has 2 N–H and O–H groups in total. The van der Waals surface area contributed by atoms with Crippen molar-refractivity contribution in [1.29, 1.82) is 0 Å². The number of amides is 1. The summed E-state index contributed by atoms with van der Waals surface area (Å²) < 4.78 is 0. The van der Waals surface area contributed by atoms with Crippen molar-refractivity contribution < 1.29 is 4.79 Å². The Morgan fingerprint density at radius 3 is 2.39 bits per heavy atom. The Morgan fingerprint density at radius 2 is 1.83 bits per heavy atom. The third-order valence-corrected chi connectivity index (χ3v) is 3.10. The fourth-order valence-electron chi connectivity index (χ4n) is 1.84. The largest absolute Gasteiger partial charge is 0.355 e. The molecule has 18 heavy (non-hydrogen) atoms. The minimum absolute atomic E-state index is 0.0254. The standard InChI is InChI=1S/C15H24N2O/c1-4-13-5-7-14(8-6-13)9-10-17-15(18)12(2)11-16-3/h5-8,12,16H,4,9-11H2,1-3H3,(H,17,18). The van der Waals surface area contributed by atoms with Gasteiger partial charge in [0.1, 0.15) is 0 Å². The fourth-order valence-corrected chi connectivity index (χ4v) is 1.84. The molecule has 3 nitrogen and oxygen atoms in total. The molecule has 0 aliphatic heterocycles. The van der Waals surface area contributed by atoms with Gasteiger partial charge in [0.05, 0.1) is 0 Å². The van der Waals surface area contributed by atoms with E-state index in [1.54, 1.807) is 0 Å². The molecule has 1 aromatic rings. The molecule has 1 aromatic carbocycles. The highest BCUT2D eigenvalue weighted by molar-refractivity contribution is 5.78. The van der Waals surface area contributed by atoms with Gasteiger partial charge in [-0.15, -0.1) is 0 Å². The van der Waals surface area contributed by atoms with Crippen molar-refractivity contribution in [3.63, 3.8) is 0 Å². The third-order valence-electron chi connectivity index (χ3n) is 3.10. The van der Waals surface area contributed by atoms with Gasteiger partial charge in [0.2, 0.25) is 5.91 Å². The molecule has 0 fully saturated rings. The van der Waals surface area contributed by atoms with Crippen molar-refractivity contribution in [2.75, 3.05) is 20.1 Å². The van der Waals surface area contributed by atoms with Gasteiger partial charge in [0.25, 0.3) is 0 Å². The van der Waals surface area contributed by atoms with Crippen LogP contribution in [0.3, 0.4) is 0 Å². The average molecular weight is 248 g/mol. The molecule has 1 unspecified atom stereocenters. The van der Waals surface area contributed by atoms with Crippen LogP contribution in [-0.2, 0) is 17.6 Å². The van der Waals surface area contributed by atoms with Gasteiger partial charge < -0.3 is 10.6 Å². The Bertz CT molecular complexity index is 359. The van der Waals surface area contributed by atoms with E-state index in [2.05, 4.69) is 41.8 Å². The van der Waals surface area contributed by atoms with Crippen LogP contribution < -0.4 is 10.6 Å². The van der Waals surface area contributed by atoms with Gasteiger partial charge in [-0.3, -0.25) is 4.79 Å². The molecule has 0 aliphatic rings. The molecule has 0 heterocycles. The van der Waals surface area contributed by atoms with E-state index in [1.165, 1.54) is 11.1 Å². The van der Waals surface area contributed by atoms with Crippen molar-refractivity contribution in [3.8, 4) is 0 Å². The van der Waals surface area contributed by atoms with Crippen LogP contribution in [0.2, 0.25) is 0 Å². The average Bonchev–Trinajstić information content (AvgIpc) is 2.39. The van der Waals surface area contributed by atoms with E-state index < -0.39 is 0 Å². The maximum atomic E-state index is 11.7. The van der Waals surface area contributed by atoms with Crippen molar-refractivity contribution in [2.45, 2.75) is 26.7 Å². The molecular weight excluding hydrogens is 224 g/mol. The molecule has 0 spiro atoms. The molecule has 1 rings (SSSR count). The summed E-state index contributed by atoms with van der Waals surface area (Å²) in [5, 5.41) is 5.97. The minimum atomic E-state index is 0.0254. The van der Waals surface area contributed by atoms with Crippen LogP contribution in [0.25, 0.3) is 0 Å². The van der Waals surface area contributed by atoms with Gasteiger partial charge in [-0.25, -0.2) is 0 Å². The molecule has 0 saturated carbocycles. The van der Waals surface area contributed by atoms with Gasteiger partial charge >= 0.3 is 0 Å². The van der Waals surface area contributed by atoms with E-state index in [4.69, 9.17) is 0 Å². The van der Waals surface area contributed by atoms with Gasteiger partial charge in [-0.2, -0.15) is 0 Å². The summed E-state index contributed by atoms with van der Waals surface area (Å²) in [4.78, 5) is 11.7. The number of carbonyl (C=O) groups is 1. The Balaban J connectivity index is 2.30. The second-order valence-corrected chi connectivity index (χ2v) is 4.67. The van der Waals surface area contributed by atoms with E-state index in [1.807, 2.05) is 14.0 Å². The van der Waals surface area contributed by atoms with Crippen LogP contribution in [0.4, 0.5) is 0 Å². The molecule has 0 saturated heterocycles. The fraction of sp³-hybridized carbons (Fsp3) is 0.533. The Labute approximate surface area is 110 Å². The van der Waals surface area contributed by atoms with Gasteiger partial charge in [-0.05, 0) is 31.0 Å². The highest BCUT2D eigenvalue weighted by atomic mass is 16.1. The maximum absolute atomic E-state index is 11.7. The zero-order chi connectivity index (χ0) is 13.4. The minimum Gasteiger partial charge on any atom is -0.355 e. The van der Waals surface area contributed by atoms with E-state index in [0.717, 1.165) is 19.4 Å². The lowest BCUT2D eigenvalue weighted by Gasteiger charge is -2.11. The summed E-state index contributed by atoms with van der Waals surface area (Å²) in [7, 11) is 1.86. The summed E-state index contributed by atoms with van der Waals surface area (Å²) in [6.45, 7) is 5.51. The van der Waals surface area contributed by atoms with Crippen molar-refractivity contribution >= 4 is 5.91 Å². The number of hydrogen-bond donors (Lipinski definition) is 2. The number of nitrogens with one attached hydrogen (secondary N) is 2. The van der Waals surface area contributed by atoms with Crippen LogP contribution in [0, 0.1) is 5.92 Å². The molecule has 0 aliphatic carbocycles. The summed E-state index contributed by atoms with van der Waals surface area (Å²) in [6, 6.07) is 8.59.